The molecular weight excluding hydrogens is 333 g/mol. The van der Waals surface area contributed by atoms with Crippen molar-refractivity contribution in [1.29, 1.82) is 0 Å². The van der Waals surface area contributed by atoms with Gasteiger partial charge in [0.1, 0.15) is 5.82 Å². The summed E-state index contributed by atoms with van der Waals surface area (Å²) in [5.74, 6) is 0.546. The van der Waals surface area contributed by atoms with Crippen LogP contribution in [0.2, 0.25) is 0 Å². The van der Waals surface area contributed by atoms with Crippen molar-refractivity contribution in [2.24, 2.45) is 4.99 Å². The average Bonchev–Trinajstić information content (AvgIpc) is 2.66. The van der Waals surface area contributed by atoms with Crippen LogP contribution in [0.1, 0.15) is 19.4 Å². The van der Waals surface area contributed by atoms with Gasteiger partial charge in [0.05, 0.1) is 18.8 Å². The van der Waals surface area contributed by atoms with Crippen molar-refractivity contribution in [2.45, 2.75) is 20.4 Å². The maximum absolute atomic E-state index is 14.6. The van der Waals surface area contributed by atoms with Crippen LogP contribution in [0.25, 0.3) is 0 Å². The minimum absolute atomic E-state index is 0.167. The fourth-order valence-corrected chi connectivity index (χ4v) is 2.99. The molecular formula is C19H32FN5O. The Hall–Kier alpha value is -1.86. The van der Waals surface area contributed by atoms with Crippen LogP contribution in [0.3, 0.4) is 0 Å². The lowest BCUT2D eigenvalue weighted by molar-refractivity contribution is 0.203. The molecule has 1 saturated heterocycles. The van der Waals surface area contributed by atoms with Crippen LogP contribution in [0.5, 0.6) is 0 Å². The number of hydrogen-bond donors (Lipinski definition) is 2. The molecule has 26 heavy (non-hydrogen) atoms. The van der Waals surface area contributed by atoms with Gasteiger partial charge in [0.15, 0.2) is 5.96 Å². The largest absolute Gasteiger partial charge is 0.383 e. The van der Waals surface area contributed by atoms with E-state index < -0.39 is 0 Å². The van der Waals surface area contributed by atoms with E-state index in [0.717, 1.165) is 44.8 Å². The summed E-state index contributed by atoms with van der Waals surface area (Å²) in [5.41, 5.74) is 1.56. The van der Waals surface area contributed by atoms with Gasteiger partial charge < -0.3 is 25.2 Å². The van der Waals surface area contributed by atoms with Gasteiger partial charge in [0.25, 0.3) is 0 Å². The van der Waals surface area contributed by atoms with Crippen LogP contribution < -0.4 is 15.5 Å². The first-order valence-corrected chi connectivity index (χ1v) is 9.44. The van der Waals surface area contributed by atoms with Gasteiger partial charge >= 0.3 is 0 Å². The summed E-state index contributed by atoms with van der Waals surface area (Å²) in [7, 11) is 1.66. The van der Waals surface area contributed by atoms with E-state index in [1.165, 1.54) is 0 Å². The van der Waals surface area contributed by atoms with Gasteiger partial charge in [-0.15, -0.1) is 0 Å². The van der Waals surface area contributed by atoms with Gasteiger partial charge in [0.2, 0.25) is 0 Å². The van der Waals surface area contributed by atoms with Crippen LogP contribution in [-0.2, 0) is 11.3 Å². The van der Waals surface area contributed by atoms with Crippen molar-refractivity contribution in [3.05, 3.63) is 29.6 Å². The minimum Gasteiger partial charge on any atom is -0.383 e. The molecule has 0 atom stereocenters. The van der Waals surface area contributed by atoms with Crippen LogP contribution in [-0.4, -0.2) is 70.4 Å². The molecule has 1 fully saturated rings. The number of methoxy groups -OCH3 is 1. The lowest BCUT2D eigenvalue weighted by Crippen LogP contribution is -2.46. The topological polar surface area (TPSA) is 52.1 Å². The molecule has 146 valence electrons. The fraction of sp³-hybridized carbons (Fsp3) is 0.632. The highest BCUT2D eigenvalue weighted by Gasteiger charge is 2.18. The number of likely N-dealkylation sites (N-methyl/N-ethyl adjacent to an activating group) is 1. The summed E-state index contributed by atoms with van der Waals surface area (Å²) < 4.78 is 19.6. The molecule has 0 aromatic heterocycles. The number of benzene rings is 1. The predicted octanol–water partition coefficient (Wildman–Crippen LogP) is 1.67. The quantitative estimate of drug-likeness (QED) is 0.417. The van der Waals surface area contributed by atoms with Crippen LogP contribution in [0.4, 0.5) is 10.1 Å². The number of ether oxygens (including phenoxy) is 1. The molecule has 2 N–H and O–H groups in total. The summed E-state index contributed by atoms with van der Waals surface area (Å²) in [5, 5.41) is 6.36. The highest BCUT2D eigenvalue weighted by Crippen LogP contribution is 2.22. The molecule has 6 nitrogen and oxygen atoms in total. The van der Waals surface area contributed by atoms with Crippen molar-refractivity contribution >= 4 is 11.6 Å². The zero-order valence-electron chi connectivity index (χ0n) is 16.2. The summed E-state index contributed by atoms with van der Waals surface area (Å²) in [4.78, 5) is 9.03. The van der Waals surface area contributed by atoms with Gasteiger partial charge in [-0.05, 0) is 31.2 Å². The van der Waals surface area contributed by atoms with Gasteiger partial charge in [-0.2, -0.15) is 0 Å². The van der Waals surface area contributed by atoms with Crippen LogP contribution in [0, 0.1) is 5.82 Å². The average molecular weight is 365 g/mol. The van der Waals surface area contributed by atoms with E-state index >= 15 is 0 Å². The molecule has 0 saturated carbocycles. The Morgan fingerprint density at radius 1 is 1.19 bits per heavy atom. The standard InChI is InChI=1S/C19H32FN5O/c1-4-21-19(22-8-13-26-3)23-15-16-6-7-18(17(20)14-16)25-11-9-24(5-2)10-12-25/h6-7,14H,4-5,8-13,15H2,1-3H3,(H2,21,22,23). The maximum atomic E-state index is 14.6. The Labute approximate surface area is 156 Å². The fourth-order valence-electron chi connectivity index (χ4n) is 2.99. The van der Waals surface area contributed by atoms with Gasteiger partial charge in [-0.25, -0.2) is 9.38 Å². The Morgan fingerprint density at radius 2 is 1.96 bits per heavy atom. The second kappa shape index (κ2) is 11.0. The van der Waals surface area contributed by atoms with E-state index in [4.69, 9.17) is 4.74 Å². The van der Waals surface area contributed by atoms with Crippen molar-refractivity contribution in [3.8, 4) is 0 Å². The number of guanidine groups is 1. The third kappa shape index (κ3) is 6.14. The highest BCUT2D eigenvalue weighted by molar-refractivity contribution is 5.79. The van der Waals surface area contributed by atoms with Crippen LogP contribution >= 0.6 is 0 Å². The van der Waals surface area contributed by atoms with E-state index in [2.05, 4.69) is 32.3 Å². The summed E-state index contributed by atoms with van der Waals surface area (Å²) in [6, 6.07) is 5.45. The third-order valence-corrected chi connectivity index (χ3v) is 4.53. The first-order chi connectivity index (χ1) is 12.7. The molecule has 1 aliphatic heterocycles. The van der Waals surface area contributed by atoms with Crippen LogP contribution in [0.15, 0.2) is 23.2 Å². The number of halogens is 1. The number of piperazine rings is 1. The Balaban J connectivity index is 1.96. The third-order valence-electron chi connectivity index (χ3n) is 4.53. The number of rotatable bonds is 8. The second-order valence-corrected chi connectivity index (χ2v) is 6.32. The maximum Gasteiger partial charge on any atom is 0.191 e. The van der Waals surface area contributed by atoms with Crippen molar-refractivity contribution in [2.75, 3.05) is 64.4 Å². The first-order valence-electron chi connectivity index (χ1n) is 9.44. The van der Waals surface area contributed by atoms with E-state index in [-0.39, 0.29) is 5.82 Å². The predicted molar refractivity (Wildman–Crippen MR) is 105 cm³/mol. The monoisotopic (exact) mass is 365 g/mol. The molecule has 1 aromatic carbocycles. The molecule has 0 bridgehead atoms. The van der Waals surface area contributed by atoms with Gasteiger partial charge in [0, 0.05) is 46.4 Å². The molecule has 0 spiro atoms. The molecule has 0 radical (unpaired) electrons. The number of hydrogen-bond acceptors (Lipinski definition) is 4. The van der Waals surface area contributed by atoms with E-state index in [0.29, 0.717) is 31.3 Å². The highest BCUT2D eigenvalue weighted by atomic mass is 19.1. The number of aliphatic imine (C=N–C) groups is 1. The Morgan fingerprint density at radius 3 is 2.58 bits per heavy atom. The zero-order valence-corrected chi connectivity index (χ0v) is 16.2. The molecule has 1 heterocycles. The normalized spacial score (nSPS) is 16.0. The van der Waals surface area contributed by atoms with E-state index in [1.54, 1.807) is 13.2 Å². The lowest BCUT2D eigenvalue weighted by Gasteiger charge is -2.35. The van der Waals surface area contributed by atoms with E-state index in [9.17, 15) is 4.39 Å². The second-order valence-electron chi connectivity index (χ2n) is 6.32. The summed E-state index contributed by atoms with van der Waals surface area (Å²) in [6.07, 6.45) is 0. The number of nitrogens with one attached hydrogen (secondary N) is 2. The molecule has 0 aliphatic carbocycles. The molecule has 7 heteroatoms. The first kappa shape index (κ1) is 20.5. The Bertz CT molecular complexity index is 573. The smallest absolute Gasteiger partial charge is 0.191 e. The number of nitrogens with zero attached hydrogens (tertiary/aromatic N) is 3. The zero-order chi connectivity index (χ0) is 18.8. The minimum atomic E-state index is -0.167. The summed E-state index contributed by atoms with van der Waals surface area (Å²) in [6.45, 7) is 11.4. The molecule has 1 aromatic rings. The SMILES string of the molecule is CCNC(=NCc1ccc(N2CCN(CC)CC2)c(F)c1)NCCOC. The molecule has 1 aliphatic rings. The molecule has 0 unspecified atom stereocenters. The molecule has 2 rings (SSSR count). The van der Waals surface area contributed by atoms with Crippen molar-refractivity contribution in [1.82, 2.24) is 15.5 Å². The molecule has 0 amide bonds. The van der Waals surface area contributed by atoms with Gasteiger partial charge in [-0.3, -0.25) is 0 Å². The lowest BCUT2D eigenvalue weighted by atomic mass is 10.1. The van der Waals surface area contributed by atoms with E-state index in [1.807, 2.05) is 19.1 Å². The summed E-state index contributed by atoms with van der Waals surface area (Å²) >= 11 is 0. The van der Waals surface area contributed by atoms with Crippen molar-refractivity contribution in [3.63, 3.8) is 0 Å². The van der Waals surface area contributed by atoms with Gasteiger partial charge in [-0.1, -0.05) is 13.0 Å². The van der Waals surface area contributed by atoms with Crippen molar-refractivity contribution < 1.29 is 9.13 Å². The Kier molecular flexibility index (Phi) is 8.64. The number of anilines is 1.